The molecule has 8 heteroatoms. The minimum atomic E-state index is -3.71. The predicted octanol–water partition coefficient (Wildman–Crippen LogP) is 1.77. The van der Waals surface area contributed by atoms with Gasteiger partial charge in [-0.05, 0) is 42.7 Å². The van der Waals surface area contributed by atoms with Crippen molar-refractivity contribution < 1.29 is 18.0 Å². The van der Waals surface area contributed by atoms with Gasteiger partial charge in [0, 0.05) is 26.7 Å². The molecule has 0 aromatic heterocycles. The summed E-state index contributed by atoms with van der Waals surface area (Å²) in [6.07, 6.45) is 0. The van der Waals surface area contributed by atoms with Gasteiger partial charge in [0.2, 0.25) is 15.9 Å². The lowest BCUT2D eigenvalue weighted by atomic mass is 10.0. The van der Waals surface area contributed by atoms with Crippen molar-refractivity contribution in [3.05, 3.63) is 64.7 Å². The normalized spacial score (nSPS) is 12.5. The molecular weight excluding hydrogens is 378 g/mol. The highest BCUT2D eigenvalue weighted by Crippen LogP contribution is 2.24. The van der Waals surface area contributed by atoms with E-state index in [0.717, 1.165) is 4.31 Å². The Morgan fingerprint density at radius 1 is 1.04 bits per heavy atom. The van der Waals surface area contributed by atoms with Crippen molar-refractivity contribution in [3.8, 4) is 0 Å². The fourth-order valence-corrected chi connectivity index (χ4v) is 3.94. The molecule has 2 aromatic carbocycles. The highest BCUT2D eigenvalue weighted by atomic mass is 32.2. The van der Waals surface area contributed by atoms with E-state index >= 15 is 0 Å². The van der Waals surface area contributed by atoms with Crippen LogP contribution in [0.5, 0.6) is 0 Å². The van der Waals surface area contributed by atoms with Gasteiger partial charge in [-0.3, -0.25) is 9.59 Å². The molecule has 0 radical (unpaired) electrons. The van der Waals surface area contributed by atoms with Crippen LogP contribution < -0.4 is 10.6 Å². The molecule has 0 unspecified atom stereocenters. The summed E-state index contributed by atoms with van der Waals surface area (Å²) in [6.45, 7) is 3.44. The van der Waals surface area contributed by atoms with Crippen LogP contribution in [0.25, 0.3) is 0 Å². The lowest BCUT2D eigenvalue weighted by Crippen LogP contribution is -2.39. The second-order valence-corrected chi connectivity index (χ2v) is 8.76. The second kappa shape index (κ2) is 8.53. The molecule has 0 aliphatic heterocycles. The van der Waals surface area contributed by atoms with Gasteiger partial charge in [0.1, 0.15) is 6.04 Å². The maximum Gasteiger partial charge on any atom is 0.252 e. The van der Waals surface area contributed by atoms with E-state index in [2.05, 4.69) is 10.6 Å². The van der Waals surface area contributed by atoms with E-state index in [4.69, 9.17) is 0 Å². The molecule has 0 bridgehead atoms. The third kappa shape index (κ3) is 4.40. The number of benzene rings is 2. The standard InChI is InChI=1S/C20H25N3O4S/c1-13-11-16(12-17(14(13)2)28(26,27)23(4)5)19(24)22-18(20(25)21-3)15-9-7-6-8-10-15/h6-12,18H,1-5H3,(H,21,25)(H,22,24)/t18-/m0/s1. The van der Waals surface area contributed by atoms with Crippen LogP contribution in [-0.4, -0.2) is 45.7 Å². The van der Waals surface area contributed by atoms with Crippen molar-refractivity contribution >= 4 is 21.8 Å². The molecule has 0 fully saturated rings. The van der Waals surface area contributed by atoms with E-state index in [-0.39, 0.29) is 16.4 Å². The Labute approximate surface area is 165 Å². The summed E-state index contributed by atoms with van der Waals surface area (Å²) >= 11 is 0. The molecule has 2 aromatic rings. The topological polar surface area (TPSA) is 95.6 Å². The van der Waals surface area contributed by atoms with Crippen molar-refractivity contribution in [2.75, 3.05) is 21.1 Å². The Morgan fingerprint density at radius 3 is 2.18 bits per heavy atom. The van der Waals surface area contributed by atoms with E-state index in [1.807, 2.05) is 6.07 Å². The minimum Gasteiger partial charge on any atom is -0.357 e. The van der Waals surface area contributed by atoms with Crippen molar-refractivity contribution in [1.82, 2.24) is 14.9 Å². The van der Waals surface area contributed by atoms with Gasteiger partial charge in [-0.2, -0.15) is 0 Å². The molecule has 0 saturated heterocycles. The maximum absolute atomic E-state index is 12.9. The molecule has 1 atom stereocenters. The zero-order chi connectivity index (χ0) is 21.1. The van der Waals surface area contributed by atoms with Crippen LogP contribution in [0, 0.1) is 13.8 Å². The van der Waals surface area contributed by atoms with E-state index < -0.39 is 22.0 Å². The molecule has 2 rings (SSSR count). The smallest absolute Gasteiger partial charge is 0.252 e. The lowest BCUT2D eigenvalue weighted by molar-refractivity contribution is -0.122. The zero-order valence-electron chi connectivity index (χ0n) is 16.6. The SMILES string of the molecule is CNC(=O)[C@@H](NC(=O)c1cc(C)c(C)c(S(=O)(=O)N(C)C)c1)c1ccccc1. The highest BCUT2D eigenvalue weighted by molar-refractivity contribution is 7.89. The molecule has 150 valence electrons. The number of carbonyl (C=O) groups is 2. The van der Waals surface area contributed by atoms with E-state index in [9.17, 15) is 18.0 Å². The van der Waals surface area contributed by atoms with Gasteiger partial charge in [-0.25, -0.2) is 12.7 Å². The molecule has 0 heterocycles. The first-order valence-corrected chi connectivity index (χ1v) is 10.1. The second-order valence-electron chi connectivity index (χ2n) is 6.64. The van der Waals surface area contributed by atoms with Gasteiger partial charge in [-0.15, -0.1) is 0 Å². The van der Waals surface area contributed by atoms with E-state index in [0.29, 0.717) is 16.7 Å². The summed E-state index contributed by atoms with van der Waals surface area (Å²) in [5.74, 6) is -0.903. The van der Waals surface area contributed by atoms with Crippen LogP contribution in [0.15, 0.2) is 47.4 Å². The van der Waals surface area contributed by atoms with Crippen molar-refractivity contribution in [1.29, 1.82) is 0 Å². The number of nitrogens with zero attached hydrogens (tertiary/aromatic N) is 1. The molecule has 2 amide bonds. The molecule has 0 spiro atoms. The predicted molar refractivity (Wildman–Crippen MR) is 108 cm³/mol. The molecule has 0 aliphatic carbocycles. The van der Waals surface area contributed by atoms with Gasteiger partial charge >= 0.3 is 0 Å². The van der Waals surface area contributed by atoms with Crippen LogP contribution in [-0.2, 0) is 14.8 Å². The number of rotatable bonds is 6. The molecule has 2 N–H and O–H groups in total. The third-order valence-electron chi connectivity index (χ3n) is 4.56. The number of nitrogens with one attached hydrogen (secondary N) is 2. The first-order chi connectivity index (χ1) is 13.1. The largest absolute Gasteiger partial charge is 0.357 e. The molecule has 7 nitrogen and oxygen atoms in total. The Kier molecular flexibility index (Phi) is 6.58. The average Bonchev–Trinajstić information content (AvgIpc) is 2.67. The van der Waals surface area contributed by atoms with Crippen LogP contribution >= 0.6 is 0 Å². The van der Waals surface area contributed by atoms with Gasteiger partial charge in [-0.1, -0.05) is 30.3 Å². The number of likely N-dealkylation sites (N-methyl/N-ethyl adjacent to an activating group) is 1. The Balaban J connectivity index is 2.46. The number of carbonyl (C=O) groups excluding carboxylic acids is 2. The lowest BCUT2D eigenvalue weighted by Gasteiger charge is -2.19. The minimum absolute atomic E-state index is 0.0684. The first-order valence-electron chi connectivity index (χ1n) is 8.70. The number of sulfonamides is 1. The summed E-state index contributed by atoms with van der Waals surface area (Å²) < 4.78 is 26.3. The van der Waals surface area contributed by atoms with Gasteiger partial charge in [0.15, 0.2) is 0 Å². The summed E-state index contributed by atoms with van der Waals surface area (Å²) in [5, 5.41) is 5.23. The van der Waals surface area contributed by atoms with Crippen LogP contribution in [0.3, 0.4) is 0 Å². The summed E-state index contributed by atoms with van der Waals surface area (Å²) in [4.78, 5) is 25.2. The molecule has 0 aliphatic rings. The quantitative estimate of drug-likeness (QED) is 0.768. The summed E-state index contributed by atoms with van der Waals surface area (Å²) in [6, 6.07) is 10.9. The van der Waals surface area contributed by atoms with Gasteiger partial charge in [0.25, 0.3) is 5.91 Å². The van der Waals surface area contributed by atoms with Gasteiger partial charge < -0.3 is 10.6 Å². The van der Waals surface area contributed by atoms with E-state index in [1.54, 1.807) is 44.2 Å². The maximum atomic E-state index is 12.9. The molecular formula is C20H25N3O4S. The summed E-state index contributed by atoms with van der Waals surface area (Å²) in [5.41, 5.74) is 2.05. The Morgan fingerprint density at radius 2 is 1.64 bits per heavy atom. The fourth-order valence-electron chi connectivity index (χ4n) is 2.73. The molecule has 28 heavy (non-hydrogen) atoms. The highest BCUT2D eigenvalue weighted by Gasteiger charge is 2.26. The molecule has 0 saturated carbocycles. The van der Waals surface area contributed by atoms with E-state index in [1.165, 1.54) is 27.2 Å². The van der Waals surface area contributed by atoms with Crippen molar-refractivity contribution in [2.45, 2.75) is 24.8 Å². The van der Waals surface area contributed by atoms with Crippen LogP contribution in [0.4, 0.5) is 0 Å². The van der Waals surface area contributed by atoms with Gasteiger partial charge in [0.05, 0.1) is 4.90 Å². The Bertz CT molecular complexity index is 986. The van der Waals surface area contributed by atoms with Crippen LogP contribution in [0.2, 0.25) is 0 Å². The summed E-state index contributed by atoms with van der Waals surface area (Å²) in [7, 11) is 0.651. The monoisotopic (exact) mass is 403 g/mol. The number of amides is 2. The average molecular weight is 404 g/mol. The van der Waals surface area contributed by atoms with Crippen molar-refractivity contribution in [3.63, 3.8) is 0 Å². The number of aryl methyl sites for hydroxylation is 1. The Hall–Kier alpha value is -2.71. The zero-order valence-corrected chi connectivity index (χ0v) is 17.4. The number of hydrogen-bond donors (Lipinski definition) is 2. The fraction of sp³-hybridized carbons (Fsp3) is 0.300. The first kappa shape index (κ1) is 21.6. The third-order valence-corrected chi connectivity index (χ3v) is 6.50. The van der Waals surface area contributed by atoms with Crippen LogP contribution in [0.1, 0.15) is 33.1 Å². The number of hydrogen-bond acceptors (Lipinski definition) is 4. The van der Waals surface area contributed by atoms with Crippen molar-refractivity contribution in [2.24, 2.45) is 0 Å².